The van der Waals surface area contributed by atoms with Crippen LogP contribution in [0.15, 0.2) is 34.9 Å². The average Bonchev–Trinajstić information content (AvgIpc) is 3.28. The second-order valence-electron chi connectivity index (χ2n) is 7.71. The van der Waals surface area contributed by atoms with Crippen LogP contribution in [0.1, 0.15) is 41.6 Å². The Morgan fingerprint density at radius 2 is 2.14 bits per heavy atom. The highest BCUT2D eigenvalue weighted by Crippen LogP contribution is 2.46. The molecule has 3 heterocycles. The number of halogens is 1. The molecule has 1 fully saturated rings. The average molecular weight is 437 g/mol. The van der Waals surface area contributed by atoms with E-state index >= 15 is 0 Å². The molecule has 3 aromatic rings. The molecule has 0 bridgehead atoms. The van der Waals surface area contributed by atoms with Crippen molar-refractivity contribution >= 4 is 27.4 Å². The Balaban J connectivity index is 1.57. The van der Waals surface area contributed by atoms with Crippen LogP contribution in [0.4, 0.5) is 5.82 Å². The first-order chi connectivity index (χ1) is 13.7. The summed E-state index contributed by atoms with van der Waals surface area (Å²) in [5.41, 5.74) is 5.35. The molecule has 142 valence electrons. The van der Waals surface area contributed by atoms with Gasteiger partial charge in [-0.25, -0.2) is 4.98 Å². The summed E-state index contributed by atoms with van der Waals surface area (Å²) in [5, 5.41) is 20.8. The number of hydrogen-bond acceptors (Lipinski definition) is 5. The third kappa shape index (κ3) is 2.79. The highest BCUT2D eigenvalue weighted by atomic mass is 79.9. The summed E-state index contributed by atoms with van der Waals surface area (Å²) in [6.45, 7) is 2.75. The number of aromatic nitrogens is 3. The minimum Gasteiger partial charge on any atom is -0.366 e. The molecule has 7 heteroatoms. The van der Waals surface area contributed by atoms with Crippen LogP contribution in [0.2, 0.25) is 0 Å². The van der Waals surface area contributed by atoms with E-state index in [1.807, 2.05) is 35.0 Å². The van der Waals surface area contributed by atoms with Gasteiger partial charge in [-0.1, -0.05) is 12.1 Å². The standard InChI is InChI=1S/C21H21BrN6/c22-17-13-26-28-19(25-12-15-3-1-2-14(10-15)11-23)16-4-5-21(6-8-24-9-7-21)18(16)27-20(17)28/h1-3,10,13,24-25H,4-9,12H2. The smallest absolute Gasteiger partial charge is 0.171 e. The Hall–Kier alpha value is -2.43. The molecule has 0 radical (unpaired) electrons. The molecule has 1 saturated heterocycles. The fourth-order valence-corrected chi connectivity index (χ4v) is 5.02. The molecule has 0 saturated carbocycles. The van der Waals surface area contributed by atoms with Gasteiger partial charge in [0, 0.05) is 17.5 Å². The van der Waals surface area contributed by atoms with Crippen molar-refractivity contribution in [2.75, 3.05) is 18.4 Å². The van der Waals surface area contributed by atoms with Gasteiger partial charge in [0.2, 0.25) is 0 Å². The second-order valence-corrected chi connectivity index (χ2v) is 8.57. The van der Waals surface area contributed by atoms with Crippen molar-refractivity contribution in [1.29, 1.82) is 5.26 Å². The topological polar surface area (TPSA) is 78.0 Å². The van der Waals surface area contributed by atoms with Crippen LogP contribution in [0, 0.1) is 11.3 Å². The van der Waals surface area contributed by atoms with Gasteiger partial charge in [-0.2, -0.15) is 14.9 Å². The predicted octanol–water partition coefficient (Wildman–Crippen LogP) is 3.54. The van der Waals surface area contributed by atoms with E-state index in [1.54, 1.807) is 0 Å². The van der Waals surface area contributed by atoms with Crippen LogP contribution < -0.4 is 10.6 Å². The van der Waals surface area contributed by atoms with Gasteiger partial charge in [-0.05, 0) is 72.4 Å². The summed E-state index contributed by atoms with van der Waals surface area (Å²) >= 11 is 3.61. The Morgan fingerprint density at radius 1 is 1.29 bits per heavy atom. The number of nitriles is 1. The van der Waals surface area contributed by atoms with E-state index in [9.17, 15) is 0 Å². The molecule has 0 amide bonds. The summed E-state index contributed by atoms with van der Waals surface area (Å²) in [4.78, 5) is 5.08. The number of rotatable bonds is 3. The fourth-order valence-electron chi connectivity index (χ4n) is 4.67. The van der Waals surface area contributed by atoms with Gasteiger partial charge < -0.3 is 10.6 Å². The van der Waals surface area contributed by atoms with E-state index in [1.165, 1.54) is 11.3 Å². The van der Waals surface area contributed by atoms with Crippen LogP contribution >= 0.6 is 15.9 Å². The maximum absolute atomic E-state index is 9.16. The molecule has 1 aliphatic heterocycles. The number of nitrogens with one attached hydrogen (secondary N) is 2. The molecule has 2 aromatic heterocycles. The zero-order chi connectivity index (χ0) is 19.1. The maximum atomic E-state index is 9.16. The molecule has 2 aliphatic rings. The zero-order valence-electron chi connectivity index (χ0n) is 15.5. The van der Waals surface area contributed by atoms with Gasteiger partial charge in [0.25, 0.3) is 0 Å². The van der Waals surface area contributed by atoms with Gasteiger partial charge in [-0.3, -0.25) is 0 Å². The third-order valence-electron chi connectivity index (χ3n) is 6.13. The number of benzene rings is 1. The van der Waals surface area contributed by atoms with Crippen molar-refractivity contribution in [1.82, 2.24) is 19.9 Å². The zero-order valence-corrected chi connectivity index (χ0v) is 17.1. The highest BCUT2D eigenvalue weighted by molar-refractivity contribution is 9.10. The first-order valence-electron chi connectivity index (χ1n) is 9.70. The van der Waals surface area contributed by atoms with Gasteiger partial charge in [0.05, 0.1) is 28.0 Å². The molecule has 2 N–H and O–H groups in total. The molecule has 1 spiro atoms. The molecular weight excluding hydrogens is 416 g/mol. The van der Waals surface area contributed by atoms with Crippen molar-refractivity contribution in [2.45, 2.75) is 37.6 Å². The van der Waals surface area contributed by atoms with Crippen molar-refractivity contribution in [3.05, 3.63) is 57.3 Å². The Bertz CT molecular complexity index is 1090. The van der Waals surface area contributed by atoms with E-state index in [4.69, 9.17) is 10.2 Å². The number of piperidine rings is 1. The normalized spacial score (nSPS) is 17.6. The fraction of sp³-hybridized carbons (Fsp3) is 0.381. The molecule has 0 unspecified atom stereocenters. The van der Waals surface area contributed by atoms with E-state index < -0.39 is 0 Å². The molecule has 5 rings (SSSR count). The lowest BCUT2D eigenvalue weighted by atomic mass is 9.77. The Morgan fingerprint density at radius 3 is 2.96 bits per heavy atom. The van der Waals surface area contributed by atoms with Gasteiger partial charge in [-0.15, -0.1) is 0 Å². The Labute approximate surface area is 172 Å². The second kappa shape index (κ2) is 6.87. The molecule has 0 atom stereocenters. The monoisotopic (exact) mass is 436 g/mol. The van der Waals surface area contributed by atoms with E-state index in [0.717, 1.165) is 60.3 Å². The summed E-state index contributed by atoms with van der Waals surface area (Å²) in [7, 11) is 0. The molecule has 28 heavy (non-hydrogen) atoms. The highest BCUT2D eigenvalue weighted by Gasteiger charge is 2.43. The summed E-state index contributed by atoms with van der Waals surface area (Å²) < 4.78 is 2.83. The van der Waals surface area contributed by atoms with Gasteiger partial charge in [0.1, 0.15) is 5.82 Å². The van der Waals surface area contributed by atoms with Crippen molar-refractivity contribution in [3.8, 4) is 6.07 Å². The van der Waals surface area contributed by atoms with Crippen LogP contribution in [0.3, 0.4) is 0 Å². The number of anilines is 1. The lowest BCUT2D eigenvalue weighted by Crippen LogP contribution is -2.39. The molecule has 6 nitrogen and oxygen atoms in total. The first-order valence-corrected chi connectivity index (χ1v) is 10.5. The quantitative estimate of drug-likeness (QED) is 0.656. The number of hydrogen-bond donors (Lipinski definition) is 2. The lowest BCUT2D eigenvalue weighted by Gasteiger charge is -2.34. The Kier molecular flexibility index (Phi) is 4.33. The lowest BCUT2D eigenvalue weighted by molar-refractivity contribution is 0.301. The molecule has 1 aliphatic carbocycles. The summed E-state index contributed by atoms with van der Waals surface area (Å²) in [6, 6.07) is 9.94. The van der Waals surface area contributed by atoms with Crippen LogP contribution in [0.25, 0.3) is 5.65 Å². The van der Waals surface area contributed by atoms with E-state index in [-0.39, 0.29) is 5.41 Å². The minimum absolute atomic E-state index is 0.184. The molecule has 1 aromatic carbocycles. The first kappa shape index (κ1) is 17.7. The molecular formula is C21H21BrN6. The third-order valence-corrected chi connectivity index (χ3v) is 6.69. The van der Waals surface area contributed by atoms with Crippen LogP contribution in [-0.2, 0) is 18.4 Å². The summed E-state index contributed by atoms with van der Waals surface area (Å²) in [6.07, 6.45) is 6.27. The largest absolute Gasteiger partial charge is 0.366 e. The van der Waals surface area contributed by atoms with Gasteiger partial charge >= 0.3 is 0 Å². The van der Waals surface area contributed by atoms with Crippen LogP contribution in [0.5, 0.6) is 0 Å². The van der Waals surface area contributed by atoms with Crippen LogP contribution in [-0.4, -0.2) is 27.7 Å². The predicted molar refractivity (Wildman–Crippen MR) is 111 cm³/mol. The number of fused-ring (bicyclic) bond motifs is 3. The summed E-state index contributed by atoms with van der Waals surface area (Å²) in [5.74, 6) is 1.03. The van der Waals surface area contributed by atoms with Gasteiger partial charge in [0.15, 0.2) is 5.65 Å². The SMILES string of the molecule is N#Cc1cccc(CNc2c3c(nc4c(Br)cnn24)C2(CCNCC2)CC3)c1. The number of nitrogens with zero attached hydrogens (tertiary/aromatic N) is 4. The van der Waals surface area contributed by atoms with E-state index in [0.29, 0.717) is 12.1 Å². The maximum Gasteiger partial charge on any atom is 0.171 e. The van der Waals surface area contributed by atoms with Crippen molar-refractivity contribution in [3.63, 3.8) is 0 Å². The van der Waals surface area contributed by atoms with Crippen molar-refractivity contribution in [2.24, 2.45) is 0 Å². The van der Waals surface area contributed by atoms with E-state index in [2.05, 4.69) is 37.7 Å². The minimum atomic E-state index is 0.184. The van der Waals surface area contributed by atoms with Crippen molar-refractivity contribution < 1.29 is 0 Å².